The van der Waals surface area contributed by atoms with E-state index in [0.29, 0.717) is 18.6 Å². The predicted octanol–water partition coefficient (Wildman–Crippen LogP) is 2.74. The van der Waals surface area contributed by atoms with Crippen LogP contribution in [0.15, 0.2) is 18.2 Å². The molecule has 1 aromatic carbocycles. The van der Waals surface area contributed by atoms with Crippen LogP contribution in [0.3, 0.4) is 0 Å². The molecule has 1 unspecified atom stereocenters. The summed E-state index contributed by atoms with van der Waals surface area (Å²) >= 11 is 0. The van der Waals surface area contributed by atoms with E-state index in [9.17, 15) is 13.2 Å². The molecule has 0 bridgehead atoms. The number of nitrogens with zero attached hydrogens (tertiary/aromatic N) is 1. The zero-order valence-corrected chi connectivity index (χ0v) is 10.9. The molecule has 19 heavy (non-hydrogen) atoms. The van der Waals surface area contributed by atoms with Gasteiger partial charge in [-0.15, -0.1) is 0 Å². The molecule has 0 aliphatic carbocycles. The third-order valence-electron chi connectivity index (χ3n) is 3.38. The van der Waals surface area contributed by atoms with Crippen molar-refractivity contribution in [1.82, 2.24) is 0 Å². The summed E-state index contributed by atoms with van der Waals surface area (Å²) in [5.41, 5.74) is 0.930. The van der Waals surface area contributed by atoms with Gasteiger partial charge in [-0.3, -0.25) is 0 Å². The van der Waals surface area contributed by atoms with Crippen LogP contribution in [0, 0.1) is 0 Å². The van der Waals surface area contributed by atoms with E-state index in [1.165, 1.54) is 12.1 Å². The van der Waals surface area contributed by atoms with Crippen molar-refractivity contribution < 1.29 is 18.0 Å². The Labute approximate surface area is 110 Å². The minimum Gasteiger partial charge on any atom is -0.363 e. The second-order valence-electron chi connectivity index (χ2n) is 5.03. The Morgan fingerprint density at radius 2 is 2.11 bits per heavy atom. The van der Waals surface area contributed by atoms with E-state index in [0.717, 1.165) is 11.8 Å². The Morgan fingerprint density at radius 1 is 1.42 bits per heavy atom. The topological polar surface area (TPSA) is 38.5 Å². The van der Waals surface area contributed by atoms with Crippen molar-refractivity contribution in [3.63, 3.8) is 0 Å². The van der Waals surface area contributed by atoms with Gasteiger partial charge in [0, 0.05) is 11.7 Å². The predicted molar refractivity (Wildman–Crippen MR) is 66.7 cm³/mol. The lowest BCUT2D eigenvalue weighted by Gasteiger charge is -2.30. The van der Waals surface area contributed by atoms with Crippen LogP contribution < -0.4 is 10.8 Å². The van der Waals surface area contributed by atoms with Crippen molar-refractivity contribution in [2.75, 3.05) is 11.5 Å². The first-order valence-corrected chi connectivity index (χ1v) is 6.14. The van der Waals surface area contributed by atoms with E-state index in [2.05, 4.69) is 9.74 Å². The van der Waals surface area contributed by atoms with Crippen LogP contribution in [0.5, 0.6) is 0 Å². The molecule has 106 valence electrons. The lowest BCUT2D eigenvalue weighted by Crippen LogP contribution is -2.41. The summed E-state index contributed by atoms with van der Waals surface area (Å²) < 4.78 is 38.1. The fourth-order valence-electron chi connectivity index (χ4n) is 2.68. The molecule has 0 saturated carbocycles. The Morgan fingerprint density at radius 3 is 2.63 bits per heavy atom. The van der Waals surface area contributed by atoms with Gasteiger partial charge in [0.1, 0.15) is 0 Å². The number of fused-ring (bicyclic) bond motifs is 1. The second-order valence-corrected chi connectivity index (χ2v) is 5.03. The van der Waals surface area contributed by atoms with Crippen LogP contribution in [-0.4, -0.2) is 18.7 Å². The SMILES string of the molecule is CC(C)N1c2ccc(C(F)(F)F)cc2CC1CON. The molecule has 1 aromatic rings. The summed E-state index contributed by atoms with van der Waals surface area (Å²) in [5.74, 6) is 5.10. The Bertz CT molecular complexity index is 460. The van der Waals surface area contributed by atoms with E-state index >= 15 is 0 Å². The van der Waals surface area contributed by atoms with Gasteiger partial charge in [-0.2, -0.15) is 13.2 Å². The van der Waals surface area contributed by atoms with E-state index in [1.807, 2.05) is 13.8 Å². The Kier molecular flexibility index (Phi) is 3.73. The van der Waals surface area contributed by atoms with Crippen molar-refractivity contribution in [3.8, 4) is 0 Å². The van der Waals surface area contributed by atoms with E-state index in [-0.39, 0.29) is 12.1 Å². The molecule has 0 saturated heterocycles. The third kappa shape index (κ3) is 2.69. The maximum Gasteiger partial charge on any atom is 0.416 e. The summed E-state index contributed by atoms with van der Waals surface area (Å²) in [7, 11) is 0. The minimum atomic E-state index is -4.31. The fourth-order valence-corrected chi connectivity index (χ4v) is 2.68. The molecule has 2 rings (SSSR count). The standard InChI is InChI=1S/C13H17F3N2O/c1-8(2)18-11(7-19-17)6-9-5-10(13(14,15)16)3-4-12(9)18/h3-5,8,11H,6-7,17H2,1-2H3. The van der Waals surface area contributed by atoms with Gasteiger partial charge in [0.15, 0.2) is 0 Å². The molecule has 1 heterocycles. The monoisotopic (exact) mass is 274 g/mol. The molecule has 0 aromatic heterocycles. The highest BCUT2D eigenvalue weighted by Gasteiger charge is 2.35. The van der Waals surface area contributed by atoms with Gasteiger partial charge < -0.3 is 9.74 Å². The summed E-state index contributed by atoms with van der Waals surface area (Å²) in [5, 5.41) is 0. The van der Waals surface area contributed by atoms with Crippen molar-refractivity contribution in [1.29, 1.82) is 0 Å². The molecule has 1 aliphatic heterocycles. The Balaban J connectivity index is 2.37. The van der Waals surface area contributed by atoms with Crippen molar-refractivity contribution in [2.45, 2.75) is 38.5 Å². The van der Waals surface area contributed by atoms with Crippen LogP contribution >= 0.6 is 0 Å². The van der Waals surface area contributed by atoms with Crippen LogP contribution in [-0.2, 0) is 17.4 Å². The molecule has 0 spiro atoms. The van der Waals surface area contributed by atoms with Crippen LogP contribution in [0.2, 0.25) is 0 Å². The molecule has 2 N–H and O–H groups in total. The van der Waals surface area contributed by atoms with Gasteiger partial charge in [0.25, 0.3) is 0 Å². The molecule has 0 radical (unpaired) electrons. The largest absolute Gasteiger partial charge is 0.416 e. The maximum absolute atomic E-state index is 12.7. The summed E-state index contributed by atoms with van der Waals surface area (Å²) in [6.07, 6.45) is -3.78. The average molecular weight is 274 g/mol. The average Bonchev–Trinajstić information content (AvgIpc) is 2.65. The number of hydrogen-bond acceptors (Lipinski definition) is 3. The number of alkyl halides is 3. The molecule has 0 amide bonds. The number of anilines is 1. The maximum atomic E-state index is 12.7. The number of rotatable bonds is 3. The van der Waals surface area contributed by atoms with Crippen LogP contribution in [0.4, 0.5) is 18.9 Å². The molecule has 0 fully saturated rings. The minimum absolute atomic E-state index is 0.0107. The highest BCUT2D eigenvalue weighted by atomic mass is 19.4. The van der Waals surface area contributed by atoms with Gasteiger partial charge in [-0.1, -0.05) is 0 Å². The third-order valence-corrected chi connectivity index (χ3v) is 3.38. The zero-order chi connectivity index (χ0) is 14.2. The van der Waals surface area contributed by atoms with Crippen LogP contribution in [0.1, 0.15) is 25.0 Å². The van der Waals surface area contributed by atoms with Crippen molar-refractivity contribution in [3.05, 3.63) is 29.3 Å². The molecule has 3 nitrogen and oxygen atoms in total. The van der Waals surface area contributed by atoms with Gasteiger partial charge in [-0.25, -0.2) is 5.90 Å². The van der Waals surface area contributed by atoms with Gasteiger partial charge in [-0.05, 0) is 44.0 Å². The van der Waals surface area contributed by atoms with Crippen LogP contribution in [0.25, 0.3) is 0 Å². The summed E-state index contributed by atoms with van der Waals surface area (Å²) in [6, 6.07) is 4.05. The number of nitrogens with two attached hydrogens (primary N) is 1. The van der Waals surface area contributed by atoms with Gasteiger partial charge in [0.05, 0.1) is 18.2 Å². The van der Waals surface area contributed by atoms with E-state index in [4.69, 9.17) is 5.90 Å². The van der Waals surface area contributed by atoms with Crippen molar-refractivity contribution >= 4 is 5.69 Å². The van der Waals surface area contributed by atoms with Gasteiger partial charge in [0.2, 0.25) is 0 Å². The first-order valence-electron chi connectivity index (χ1n) is 6.14. The summed E-state index contributed by atoms with van der Waals surface area (Å²) in [6.45, 7) is 4.29. The first-order chi connectivity index (χ1) is 8.84. The first kappa shape index (κ1) is 14.1. The number of benzene rings is 1. The van der Waals surface area contributed by atoms with Crippen molar-refractivity contribution in [2.24, 2.45) is 5.90 Å². The Hall–Kier alpha value is -1.27. The number of halogens is 3. The highest BCUT2D eigenvalue weighted by Crippen LogP contribution is 2.38. The highest BCUT2D eigenvalue weighted by molar-refractivity contribution is 5.61. The molecule has 6 heteroatoms. The molecule has 1 aliphatic rings. The molecule has 1 atom stereocenters. The van der Waals surface area contributed by atoms with E-state index < -0.39 is 11.7 Å². The van der Waals surface area contributed by atoms with Gasteiger partial charge >= 0.3 is 6.18 Å². The smallest absolute Gasteiger partial charge is 0.363 e. The lowest BCUT2D eigenvalue weighted by atomic mass is 10.1. The fraction of sp³-hybridized carbons (Fsp3) is 0.538. The molecular formula is C13H17F3N2O. The van der Waals surface area contributed by atoms with E-state index in [1.54, 1.807) is 0 Å². The quantitative estimate of drug-likeness (QED) is 0.861. The summed E-state index contributed by atoms with van der Waals surface area (Å²) in [4.78, 5) is 6.73. The zero-order valence-electron chi connectivity index (χ0n) is 10.9. The number of hydrogen-bond donors (Lipinski definition) is 1. The normalized spacial score (nSPS) is 19.1. The molecular weight excluding hydrogens is 257 g/mol. The lowest BCUT2D eigenvalue weighted by molar-refractivity contribution is -0.137. The second kappa shape index (κ2) is 5.02.